The van der Waals surface area contributed by atoms with Gasteiger partial charge in [0.1, 0.15) is 6.07 Å². The number of ether oxygens (including phenoxy) is 1. The number of rotatable bonds is 2. The van der Waals surface area contributed by atoms with Gasteiger partial charge in [0.05, 0.1) is 5.56 Å². The summed E-state index contributed by atoms with van der Waals surface area (Å²) in [6, 6.07) is 1.77. The fraction of sp³-hybridized carbons (Fsp3) is 0.250. The summed E-state index contributed by atoms with van der Waals surface area (Å²) in [6.45, 7) is 0. The van der Waals surface area contributed by atoms with Crippen LogP contribution in [0, 0.1) is 11.3 Å². The molecule has 0 fully saturated rings. The average molecular weight is 238 g/mol. The summed E-state index contributed by atoms with van der Waals surface area (Å²) in [6.07, 6.45) is -7.49. The number of nitriles is 1. The highest BCUT2D eigenvalue weighted by molar-refractivity contribution is 5.38. The third-order valence-electron chi connectivity index (χ3n) is 1.49. The molecule has 0 amide bonds. The van der Waals surface area contributed by atoms with Crippen molar-refractivity contribution in [3.8, 4) is 11.9 Å². The summed E-state index contributed by atoms with van der Waals surface area (Å²) in [5.74, 6) is -1.03. The van der Waals surface area contributed by atoms with Gasteiger partial charge in [0.2, 0.25) is 5.88 Å². The van der Waals surface area contributed by atoms with E-state index in [2.05, 4.69) is 9.72 Å². The summed E-state index contributed by atoms with van der Waals surface area (Å²) in [5, 5.41) is 8.40. The first kappa shape index (κ1) is 12.2. The van der Waals surface area contributed by atoms with Crippen molar-refractivity contribution < 1.29 is 26.7 Å². The third kappa shape index (κ3) is 3.05. The first-order valence-corrected chi connectivity index (χ1v) is 3.77. The molecule has 0 N–H and O–H groups in total. The van der Waals surface area contributed by atoms with Crippen LogP contribution in [0.1, 0.15) is 17.6 Å². The highest BCUT2D eigenvalue weighted by Gasteiger charge is 2.32. The molecule has 0 saturated carbocycles. The summed E-state index contributed by atoms with van der Waals surface area (Å²) < 4.78 is 63.2. The van der Waals surface area contributed by atoms with Crippen LogP contribution in [0.2, 0.25) is 0 Å². The highest BCUT2D eigenvalue weighted by Crippen LogP contribution is 2.27. The molecule has 0 unspecified atom stereocenters. The van der Waals surface area contributed by atoms with Gasteiger partial charge in [0, 0.05) is 17.8 Å². The Hall–Kier alpha value is -1.91. The molecule has 0 radical (unpaired) electrons. The Morgan fingerprint density at radius 1 is 1.38 bits per heavy atom. The van der Waals surface area contributed by atoms with E-state index in [4.69, 9.17) is 5.26 Å². The average Bonchev–Trinajstić information content (AvgIpc) is 2.15. The molecule has 1 rings (SSSR count). The lowest BCUT2D eigenvalue weighted by Crippen LogP contribution is -2.18. The third-order valence-corrected chi connectivity index (χ3v) is 1.49. The molecule has 3 nitrogen and oxygen atoms in total. The molecule has 0 atom stereocenters. The summed E-state index contributed by atoms with van der Waals surface area (Å²) in [4.78, 5) is 3.08. The summed E-state index contributed by atoms with van der Waals surface area (Å²) in [7, 11) is 0. The molecule has 0 aromatic carbocycles. The molecule has 0 spiro atoms. The number of hydrogen-bond acceptors (Lipinski definition) is 3. The zero-order valence-corrected chi connectivity index (χ0v) is 7.42. The lowest BCUT2D eigenvalue weighted by molar-refractivity contribution is -0.276. The maximum Gasteiger partial charge on any atom is 0.574 e. The molecule has 0 bridgehead atoms. The van der Waals surface area contributed by atoms with Crippen molar-refractivity contribution in [3.05, 3.63) is 23.4 Å². The van der Waals surface area contributed by atoms with Gasteiger partial charge < -0.3 is 4.74 Å². The van der Waals surface area contributed by atoms with Crippen LogP contribution in [0.4, 0.5) is 22.0 Å². The maximum absolute atomic E-state index is 12.3. The number of aromatic nitrogens is 1. The van der Waals surface area contributed by atoms with Gasteiger partial charge in [-0.1, -0.05) is 0 Å². The monoisotopic (exact) mass is 238 g/mol. The van der Waals surface area contributed by atoms with Crippen LogP contribution in [0.3, 0.4) is 0 Å². The van der Waals surface area contributed by atoms with Crippen LogP contribution in [0.15, 0.2) is 12.3 Å². The molecule has 1 heterocycles. The molecule has 0 aliphatic rings. The number of alkyl halides is 5. The molecular formula is C8H3F5N2O. The SMILES string of the molecule is N#Cc1cnc(OC(F)(F)F)cc1C(F)F. The van der Waals surface area contributed by atoms with E-state index in [-0.39, 0.29) is 0 Å². The summed E-state index contributed by atoms with van der Waals surface area (Å²) in [5.41, 5.74) is -1.35. The number of nitrogens with zero attached hydrogens (tertiary/aromatic N) is 2. The van der Waals surface area contributed by atoms with Gasteiger partial charge in [-0.05, 0) is 0 Å². The van der Waals surface area contributed by atoms with E-state index in [1.807, 2.05) is 0 Å². The maximum atomic E-state index is 12.3. The van der Waals surface area contributed by atoms with Crippen molar-refractivity contribution in [2.45, 2.75) is 12.8 Å². The summed E-state index contributed by atoms with van der Waals surface area (Å²) >= 11 is 0. The molecule has 86 valence electrons. The van der Waals surface area contributed by atoms with Crippen LogP contribution in [0.5, 0.6) is 5.88 Å². The van der Waals surface area contributed by atoms with E-state index in [1.165, 1.54) is 6.07 Å². The molecule has 0 aliphatic heterocycles. The Kier molecular flexibility index (Phi) is 3.27. The molecule has 1 aromatic rings. The van der Waals surface area contributed by atoms with Crippen LogP contribution < -0.4 is 4.74 Å². The normalized spacial score (nSPS) is 11.3. The van der Waals surface area contributed by atoms with Crippen molar-refractivity contribution in [3.63, 3.8) is 0 Å². The zero-order chi connectivity index (χ0) is 12.3. The van der Waals surface area contributed by atoms with E-state index in [1.54, 1.807) is 0 Å². The Labute approximate surface area is 86.1 Å². The predicted octanol–water partition coefficient (Wildman–Crippen LogP) is 2.79. The Morgan fingerprint density at radius 2 is 2.00 bits per heavy atom. The first-order chi connectivity index (χ1) is 7.33. The van der Waals surface area contributed by atoms with Crippen molar-refractivity contribution in [1.29, 1.82) is 5.26 Å². The molecule has 16 heavy (non-hydrogen) atoms. The van der Waals surface area contributed by atoms with E-state index in [0.29, 0.717) is 12.3 Å². The lowest BCUT2D eigenvalue weighted by atomic mass is 10.1. The van der Waals surface area contributed by atoms with E-state index < -0.39 is 29.8 Å². The van der Waals surface area contributed by atoms with E-state index >= 15 is 0 Å². The highest BCUT2D eigenvalue weighted by atomic mass is 19.4. The molecule has 8 heteroatoms. The van der Waals surface area contributed by atoms with Gasteiger partial charge in [0.25, 0.3) is 6.43 Å². The molecular weight excluding hydrogens is 235 g/mol. The number of halogens is 5. The van der Waals surface area contributed by atoms with Crippen molar-refractivity contribution >= 4 is 0 Å². The van der Waals surface area contributed by atoms with E-state index in [0.717, 1.165) is 0 Å². The minimum atomic E-state index is -5.01. The van der Waals surface area contributed by atoms with Gasteiger partial charge in [-0.3, -0.25) is 0 Å². The van der Waals surface area contributed by atoms with Crippen LogP contribution in [-0.2, 0) is 0 Å². The second-order valence-corrected chi connectivity index (χ2v) is 2.57. The topological polar surface area (TPSA) is 45.9 Å². The smallest absolute Gasteiger partial charge is 0.388 e. The quantitative estimate of drug-likeness (QED) is 0.744. The fourth-order valence-corrected chi connectivity index (χ4v) is 0.899. The van der Waals surface area contributed by atoms with Crippen LogP contribution >= 0.6 is 0 Å². The van der Waals surface area contributed by atoms with Crippen molar-refractivity contribution in [2.24, 2.45) is 0 Å². The Morgan fingerprint density at radius 3 is 2.44 bits per heavy atom. The van der Waals surface area contributed by atoms with Gasteiger partial charge in [-0.15, -0.1) is 13.2 Å². The van der Waals surface area contributed by atoms with Gasteiger partial charge in [-0.25, -0.2) is 13.8 Å². The Bertz CT molecular complexity index is 423. The van der Waals surface area contributed by atoms with Crippen LogP contribution in [0.25, 0.3) is 0 Å². The van der Waals surface area contributed by atoms with Gasteiger partial charge in [-0.2, -0.15) is 5.26 Å². The van der Waals surface area contributed by atoms with Crippen molar-refractivity contribution in [1.82, 2.24) is 4.98 Å². The van der Waals surface area contributed by atoms with Crippen LogP contribution in [-0.4, -0.2) is 11.3 Å². The standard InChI is InChI=1S/C8H3F5N2O/c9-7(10)5-1-6(16-8(11,12)13)15-3-4(5)2-14/h1,3,7H. The molecule has 0 aliphatic carbocycles. The lowest BCUT2D eigenvalue weighted by Gasteiger charge is -2.09. The first-order valence-electron chi connectivity index (χ1n) is 3.77. The predicted molar refractivity (Wildman–Crippen MR) is 40.6 cm³/mol. The molecule has 1 aromatic heterocycles. The number of hydrogen-bond donors (Lipinski definition) is 0. The minimum absolute atomic E-state index is 0.386. The van der Waals surface area contributed by atoms with Gasteiger partial charge >= 0.3 is 6.36 Å². The Balaban J connectivity index is 3.09. The second kappa shape index (κ2) is 4.30. The zero-order valence-electron chi connectivity index (χ0n) is 7.42. The van der Waals surface area contributed by atoms with Crippen molar-refractivity contribution in [2.75, 3.05) is 0 Å². The number of pyridine rings is 1. The fourth-order valence-electron chi connectivity index (χ4n) is 0.899. The minimum Gasteiger partial charge on any atom is -0.388 e. The van der Waals surface area contributed by atoms with E-state index in [9.17, 15) is 22.0 Å². The largest absolute Gasteiger partial charge is 0.574 e. The van der Waals surface area contributed by atoms with Gasteiger partial charge in [0.15, 0.2) is 0 Å². The second-order valence-electron chi connectivity index (χ2n) is 2.57. The molecule has 0 saturated heterocycles.